The van der Waals surface area contributed by atoms with Crippen molar-refractivity contribution in [1.82, 2.24) is 0 Å². The zero-order valence-corrected chi connectivity index (χ0v) is 62.2. The fraction of sp³-hybridized carbons (Fsp3) is 0.893. The van der Waals surface area contributed by atoms with Gasteiger partial charge in [-0.15, -0.1) is 0 Å². The molecular formula is C75H142O17P2. The highest BCUT2D eigenvalue weighted by molar-refractivity contribution is 7.47. The third-order valence-electron chi connectivity index (χ3n) is 16.9. The number of phosphoric ester groups is 2. The van der Waals surface area contributed by atoms with E-state index in [2.05, 4.69) is 52.0 Å². The van der Waals surface area contributed by atoms with E-state index < -0.39 is 97.5 Å². The van der Waals surface area contributed by atoms with E-state index >= 15 is 0 Å². The van der Waals surface area contributed by atoms with Crippen molar-refractivity contribution in [3.05, 3.63) is 24.3 Å². The molecule has 0 fully saturated rings. The summed E-state index contributed by atoms with van der Waals surface area (Å²) >= 11 is 0. The van der Waals surface area contributed by atoms with Crippen molar-refractivity contribution >= 4 is 39.5 Å². The average molecular weight is 1380 g/mol. The van der Waals surface area contributed by atoms with Crippen molar-refractivity contribution in [1.29, 1.82) is 0 Å². The Labute approximate surface area is 573 Å². The topological polar surface area (TPSA) is 237 Å². The van der Waals surface area contributed by atoms with Gasteiger partial charge in [-0.25, -0.2) is 9.13 Å². The number of rotatable bonds is 74. The van der Waals surface area contributed by atoms with Gasteiger partial charge in [0.1, 0.15) is 19.3 Å². The van der Waals surface area contributed by atoms with Crippen molar-refractivity contribution in [2.24, 2.45) is 0 Å². The minimum absolute atomic E-state index is 0.102. The zero-order valence-electron chi connectivity index (χ0n) is 60.4. The predicted molar refractivity (Wildman–Crippen MR) is 381 cm³/mol. The van der Waals surface area contributed by atoms with Crippen molar-refractivity contribution < 1.29 is 80.2 Å². The van der Waals surface area contributed by atoms with Crippen LogP contribution in [-0.2, 0) is 65.4 Å². The quantitative estimate of drug-likeness (QED) is 0.0169. The van der Waals surface area contributed by atoms with Crippen LogP contribution in [0.5, 0.6) is 0 Å². The Morgan fingerprint density at radius 1 is 0.298 bits per heavy atom. The molecule has 17 nitrogen and oxygen atoms in total. The van der Waals surface area contributed by atoms with Crippen molar-refractivity contribution in [3.8, 4) is 0 Å². The first kappa shape index (κ1) is 91.5. The van der Waals surface area contributed by atoms with Crippen molar-refractivity contribution in [2.75, 3.05) is 39.6 Å². The largest absolute Gasteiger partial charge is 0.472 e. The lowest BCUT2D eigenvalue weighted by molar-refractivity contribution is -0.161. The van der Waals surface area contributed by atoms with Crippen LogP contribution in [0, 0.1) is 0 Å². The van der Waals surface area contributed by atoms with E-state index in [1.807, 2.05) is 0 Å². The molecule has 94 heavy (non-hydrogen) atoms. The maximum Gasteiger partial charge on any atom is 0.472 e. The molecule has 0 aliphatic carbocycles. The zero-order chi connectivity index (χ0) is 69.0. The van der Waals surface area contributed by atoms with Crippen LogP contribution in [0.2, 0.25) is 0 Å². The van der Waals surface area contributed by atoms with Crippen LogP contribution in [0.3, 0.4) is 0 Å². The number of aliphatic hydroxyl groups excluding tert-OH is 1. The molecule has 0 spiro atoms. The number of carbonyl (C=O) groups is 4. The minimum Gasteiger partial charge on any atom is -0.462 e. The molecule has 0 aliphatic heterocycles. The molecule has 0 heterocycles. The van der Waals surface area contributed by atoms with Gasteiger partial charge in [0, 0.05) is 25.7 Å². The summed E-state index contributed by atoms with van der Waals surface area (Å²) in [6.45, 7) is 4.92. The fourth-order valence-corrected chi connectivity index (χ4v) is 12.6. The number of hydrogen-bond donors (Lipinski definition) is 3. The van der Waals surface area contributed by atoms with Gasteiger partial charge in [-0.05, 0) is 57.8 Å². The third kappa shape index (κ3) is 68.1. The Kier molecular flexibility index (Phi) is 67.2. The SMILES string of the molecule is CCCCC/C=C\C/C=C\CCCCCCCC(=O)OC[C@H](COP(=O)(O)OC[C@@H](O)COP(=O)(O)OC[C@@H](COC(=O)CCCCCCCCCCCCCCC)OC(=O)CCCCCCCCCCCCCCC)OC(=O)CCCCCCCCCCCCCCC. The van der Waals surface area contributed by atoms with E-state index in [1.165, 1.54) is 180 Å². The van der Waals surface area contributed by atoms with Crippen molar-refractivity contribution in [3.63, 3.8) is 0 Å². The normalized spacial score (nSPS) is 14.1. The number of phosphoric acid groups is 2. The van der Waals surface area contributed by atoms with Crippen LogP contribution >= 0.6 is 15.6 Å². The summed E-state index contributed by atoms with van der Waals surface area (Å²) in [7, 11) is -9.92. The van der Waals surface area contributed by atoms with Crippen LogP contribution in [0.15, 0.2) is 24.3 Å². The summed E-state index contributed by atoms with van der Waals surface area (Å²) in [4.78, 5) is 72.8. The summed E-state index contributed by atoms with van der Waals surface area (Å²) in [5, 5.41) is 10.6. The molecule has 3 N–H and O–H groups in total. The van der Waals surface area contributed by atoms with Gasteiger partial charge in [-0.1, -0.05) is 315 Å². The van der Waals surface area contributed by atoms with Crippen LogP contribution in [0.4, 0.5) is 0 Å². The number of aliphatic hydroxyl groups is 1. The summed E-state index contributed by atoms with van der Waals surface area (Å²) < 4.78 is 68.5. The van der Waals surface area contributed by atoms with Gasteiger partial charge >= 0.3 is 39.5 Å². The summed E-state index contributed by atoms with van der Waals surface area (Å²) in [6, 6.07) is 0. The van der Waals surface area contributed by atoms with E-state index in [1.54, 1.807) is 0 Å². The molecule has 554 valence electrons. The second-order valence-corrected chi connectivity index (χ2v) is 29.2. The Morgan fingerprint density at radius 2 is 0.521 bits per heavy atom. The highest BCUT2D eigenvalue weighted by atomic mass is 31.2. The Bertz CT molecular complexity index is 1880. The molecule has 0 aromatic heterocycles. The average Bonchev–Trinajstić information content (AvgIpc) is 1.67. The molecule has 0 bridgehead atoms. The molecular weight excluding hydrogens is 1230 g/mol. The number of unbranched alkanes of at least 4 members (excludes halogenated alkanes) is 44. The molecule has 0 saturated heterocycles. The van der Waals surface area contributed by atoms with Crippen molar-refractivity contribution in [2.45, 2.75) is 393 Å². The van der Waals surface area contributed by atoms with Gasteiger partial charge in [-0.3, -0.25) is 37.3 Å². The van der Waals surface area contributed by atoms with Gasteiger partial charge in [-0.2, -0.15) is 0 Å². The molecule has 19 heteroatoms. The van der Waals surface area contributed by atoms with Gasteiger partial charge in [0.05, 0.1) is 26.4 Å². The lowest BCUT2D eigenvalue weighted by atomic mass is 10.0. The Morgan fingerprint density at radius 3 is 0.809 bits per heavy atom. The summed E-state index contributed by atoms with van der Waals surface area (Å²) in [5.74, 6) is -2.14. The monoisotopic (exact) mass is 1380 g/mol. The molecule has 0 aromatic rings. The number of esters is 4. The summed E-state index contributed by atoms with van der Waals surface area (Å²) in [5.41, 5.74) is 0. The standard InChI is InChI=1S/C75H142O17P2/c1-5-9-13-17-21-25-29-33-34-38-40-44-48-52-56-60-73(78)86-66-71(92-75(80)62-58-54-50-46-42-37-32-28-24-20-16-12-8-4)68-90-94(83,84)88-64-69(76)63-87-93(81,82)89-67-70(91-74(79)61-57-53-49-45-41-36-31-27-23-19-15-11-7-3)65-85-72(77)59-55-51-47-43-39-35-30-26-22-18-14-10-6-2/h21,25,33-34,69-71,76H,5-20,22-24,26-32,35-68H2,1-4H3,(H,81,82)(H,83,84)/b25-21-,34-33-/t69-,70+,71+/m0/s1. The van der Waals surface area contributed by atoms with Gasteiger partial charge in [0.2, 0.25) is 0 Å². The minimum atomic E-state index is -4.96. The first-order valence-electron chi connectivity index (χ1n) is 38.6. The molecule has 0 aromatic carbocycles. The van der Waals surface area contributed by atoms with Gasteiger partial charge < -0.3 is 33.8 Å². The fourth-order valence-electron chi connectivity index (χ4n) is 11.0. The van der Waals surface area contributed by atoms with E-state index in [9.17, 15) is 43.2 Å². The smallest absolute Gasteiger partial charge is 0.462 e. The van der Waals surface area contributed by atoms with Gasteiger partial charge in [0.25, 0.3) is 0 Å². The molecule has 0 radical (unpaired) electrons. The lowest BCUT2D eigenvalue weighted by Crippen LogP contribution is -2.30. The highest BCUT2D eigenvalue weighted by Crippen LogP contribution is 2.45. The lowest BCUT2D eigenvalue weighted by Gasteiger charge is -2.21. The van der Waals surface area contributed by atoms with Crippen LogP contribution in [0.25, 0.3) is 0 Å². The predicted octanol–water partition coefficient (Wildman–Crippen LogP) is 21.8. The number of carbonyl (C=O) groups excluding carboxylic acids is 4. The number of ether oxygens (including phenoxy) is 4. The number of hydrogen-bond acceptors (Lipinski definition) is 15. The van der Waals surface area contributed by atoms with E-state index in [0.29, 0.717) is 25.7 Å². The highest BCUT2D eigenvalue weighted by Gasteiger charge is 2.30. The maximum atomic E-state index is 13.1. The Balaban J connectivity index is 5.29. The number of allylic oxidation sites excluding steroid dienone is 4. The molecule has 0 aliphatic rings. The van der Waals surface area contributed by atoms with E-state index in [4.69, 9.17) is 37.0 Å². The van der Waals surface area contributed by atoms with Crippen LogP contribution < -0.4 is 0 Å². The first-order chi connectivity index (χ1) is 45.7. The van der Waals surface area contributed by atoms with E-state index in [-0.39, 0.29) is 25.7 Å². The second kappa shape index (κ2) is 69.0. The molecule has 0 amide bonds. The Hall–Kier alpha value is -2.46. The second-order valence-electron chi connectivity index (χ2n) is 26.3. The molecule has 2 unspecified atom stereocenters. The van der Waals surface area contributed by atoms with E-state index in [0.717, 1.165) is 116 Å². The first-order valence-corrected chi connectivity index (χ1v) is 41.6. The molecule has 5 atom stereocenters. The molecule has 0 rings (SSSR count). The molecule has 0 saturated carbocycles. The maximum absolute atomic E-state index is 13.1. The van der Waals surface area contributed by atoms with Crippen LogP contribution in [0.1, 0.15) is 374 Å². The van der Waals surface area contributed by atoms with Gasteiger partial charge in [0.15, 0.2) is 12.2 Å². The van der Waals surface area contributed by atoms with Crippen LogP contribution in [-0.4, -0.2) is 96.7 Å². The third-order valence-corrected chi connectivity index (χ3v) is 18.9. The summed E-state index contributed by atoms with van der Waals surface area (Å²) in [6.07, 6.45) is 61.6.